The maximum absolute atomic E-state index is 13.4. The molecule has 148 valence electrons. The SMILES string of the molecule is O=c1c2ccccc2c(=O)c2c1ccc1c2oc2ccccc2n1-c1ccccc1O. The number of phenolic OH excluding ortho intramolecular Hbond substituents is 1. The summed E-state index contributed by atoms with van der Waals surface area (Å²) in [7, 11) is 0. The first-order chi connectivity index (χ1) is 15.1. The van der Waals surface area contributed by atoms with E-state index >= 15 is 0 Å². The zero-order valence-electron chi connectivity index (χ0n) is 16.2. The quantitative estimate of drug-likeness (QED) is 0.305. The Balaban J connectivity index is 1.93. The fourth-order valence-electron chi connectivity index (χ4n) is 4.31. The molecule has 1 aromatic heterocycles. The van der Waals surface area contributed by atoms with Crippen LogP contribution in [-0.2, 0) is 0 Å². The molecule has 0 aliphatic rings. The molecule has 0 aliphatic heterocycles. The fourth-order valence-corrected chi connectivity index (χ4v) is 4.31. The smallest absolute Gasteiger partial charge is 0.198 e. The lowest BCUT2D eigenvalue weighted by Gasteiger charge is -2.16. The molecule has 1 heterocycles. The lowest BCUT2D eigenvalue weighted by molar-refractivity contribution is 0.473. The zero-order valence-corrected chi connectivity index (χ0v) is 16.2. The van der Waals surface area contributed by atoms with Gasteiger partial charge in [0, 0.05) is 16.2 Å². The third-order valence-electron chi connectivity index (χ3n) is 5.71. The second-order valence-corrected chi connectivity index (χ2v) is 7.43. The Morgan fingerprint density at radius 2 is 1.32 bits per heavy atom. The number of nitrogens with zero attached hydrogens (tertiary/aromatic N) is 1. The van der Waals surface area contributed by atoms with Crippen LogP contribution in [0.5, 0.6) is 5.75 Å². The predicted molar refractivity (Wildman–Crippen MR) is 122 cm³/mol. The van der Waals surface area contributed by atoms with Gasteiger partial charge in [-0.05, 0) is 36.4 Å². The van der Waals surface area contributed by atoms with Crippen LogP contribution in [0.4, 0.5) is 0 Å². The number of aromatic hydroxyl groups is 1. The van der Waals surface area contributed by atoms with Gasteiger partial charge in [0.15, 0.2) is 22.0 Å². The van der Waals surface area contributed by atoms with Crippen molar-refractivity contribution in [2.24, 2.45) is 0 Å². The van der Waals surface area contributed by atoms with Crippen molar-refractivity contribution in [1.29, 1.82) is 0 Å². The van der Waals surface area contributed by atoms with Crippen LogP contribution in [0, 0.1) is 0 Å². The molecule has 5 aromatic carbocycles. The summed E-state index contributed by atoms with van der Waals surface area (Å²) < 4.78 is 8.05. The molecule has 0 atom stereocenters. The Morgan fingerprint density at radius 3 is 2.13 bits per heavy atom. The Bertz CT molecular complexity index is 1790. The van der Waals surface area contributed by atoms with Crippen LogP contribution in [0.15, 0.2) is 98.9 Å². The number of hydrogen-bond acceptors (Lipinski definition) is 4. The zero-order chi connectivity index (χ0) is 21.1. The summed E-state index contributed by atoms with van der Waals surface area (Å²) >= 11 is 0. The molecule has 0 saturated heterocycles. The molecule has 0 bridgehead atoms. The molecule has 31 heavy (non-hydrogen) atoms. The summed E-state index contributed by atoms with van der Waals surface area (Å²) in [4.78, 5) is 26.6. The molecule has 6 aromatic rings. The number of rotatable bonds is 1. The number of phenols is 1. The minimum absolute atomic E-state index is 0.0932. The summed E-state index contributed by atoms with van der Waals surface area (Å²) in [5, 5.41) is 11.9. The summed E-state index contributed by atoms with van der Waals surface area (Å²) in [5.74, 6) is 0.0932. The average molecular weight is 405 g/mol. The van der Waals surface area contributed by atoms with Gasteiger partial charge in [0.1, 0.15) is 5.75 Å². The van der Waals surface area contributed by atoms with Crippen molar-refractivity contribution >= 4 is 43.7 Å². The molecule has 0 aliphatic carbocycles. The van der Waals surface area contributed by atoms with Crippen LogP contribution >= 0.6 is 0 Å². The van der Waals surface area contributed by atoms with Gasteiger partial charge < -0.3 is 9.52 Å². The molecular formula is C26H15NO4. The first-order valence-electron chi connectivity index (χ1n) is 9.85. The first-order valence-corrected chi connectivity index (χ1v) is 9.85. The van der Waals surface area contributed by atoms with E-state index in [0.717, 1.165) is 5.52 Å². The highest BCUT2D eigenvalue weighted by molar-refractivity contribution is 6.10. The average Bonchev–Trinajstić information content (AvgIpc) is 2.81. The van der Waals surface area contributed by atoms with Gasteiger partial charge in [-0.1, -0.05) is 48.5 Å². The van der Waals surface area contributed by atoms with Crippen molar-refractivity contribution in [3.63, 3.8) is 0 Å². The Morgan fingerprint density at radius 1 is 0.645 bits per heavy atom. The molecule has 0 unspecified atom stereocenters. The predicted octanol–water partition coefficient (Wildman–Crippen LogP) is 5.11. The van der Waals surface area contributed by atoms with E-state index < -0.39 is 0 Å². The number of aromatic nitrogens is 1. The van der Waals surface area contributed by atoms with E-state index in [9.17, 15) is 14.7 Å². The van der Waals surface area contributed by atoms with Gasteiger partial charge in [0.05, 0.1) is 22.1 Å². The van der Waals surface area contributed by atoms with Gasteiger partial charge in [0.2, 0.25) is 0 Å². The van der Waals surface area contributed by atoms with Crippen molar-refractivity contribution < 1.29 is 9.52 Å². The van der Waals surface area contributed by atoms with E-state index in [1.165, 1.54) is 0 Å². The van der Waals surface area contributed by atoms with Crippen LogP contribution in [0.3, 0.4) is 0 Å². The standard InChI is InChI=1S/C26H15NO4/c28-21-11-5-3-9-18(21)27-19-10-4-6-12-22(19)31-26-20(27)14-13-17-23(26)25(30)16-8-2-1-7-15(16)24(17)29/h1-14,28H. The fraction of sp³-hybridized carbons (Fsp3) is 0. The van der Waals surface area contributed by atoms with Crippen LogP contribution in [-0.4, -0.2) is 9.67 Å². The van der Waals surface area contributed by atoms with Crippen molar-refractivity contribution in [2.45, 2.75) is 0 Å². The number of hydrogen-bond donors (Lipinski definition) is 1. The van der Waals surface area contributed by atoms with Crippen LogP contribution in [0.25, 0.3) is 49.4 Å². The Labute approximate surface area is 175 Å². The van der Waals surface area contributed by atoms with E-state index in [1.54, 1.807) is 60.7 Å². The summed E-state index contributed by atoms with van der Waals surface area (Å²) in [6.45, 7) is 0. The maximum atomic E-state index is 13.4. The van der Waals surface area contributed by atoms with Gasteiger partial charge in [-0.2, -0.15) is 0 Å². The minimum Gasteiger partial charge on any atom is -0.506 e. The Hall–Kier alpha value is -4.38. The molecule has 0 radical (unpaired) electrons. The molecule has 6 rings (SSSR count). The second kappa shape index (κ2) is 6.31. The van der Waals surface area contributed by atoms with Crippen molar-refractivity contribution in [3.05, 3.63) is 105 Å². The van der Waals surface area contributed by atoms with E-state index in [1.807, 2.05) is 28.8 Å². The van der Waals surface area contributed by atoms with E-state index in [4.69, 9.17) is 4.42 Å². The molecule has 0 saturated carbocycles. The maximum Gasteiger partial charge on any atom is 0.198 e. The van der Waals surface area contributed by atoms with Gasteiger partial charge in [-0.3, -0.25) is 14.2 Å². The highest BCUT2D eigenvalue weighted by atomic mass is 16.3. The first kappa shape index (κ1) is 17.5. The molecule has 0 spiro atoms. The molecule has 0 amide bonds. The van der Waals surface area contributed by atoms with Crippen LogP contribution < -0.4 is 10.9 Å². The molecule has 5 nitrogen and oxygen atoms in total. The highest BCUT2D eigenvalue weighted by Gasteiger charge is 2.19. The lowest BCUT2D eigenvalue weighted by atomic mass is 10.0. The van der Waals surface area contributed by atoms with E-state index in [0.29, 0.717) is 38.5 Å². The third kappa shape index (κ3) is 2.37. The normalized spacial score (nSPS) is 11.6. The minimum atomic E-state index is -0.251. The summed E-state index contributed by atoms with van der Waals surface area (Å²) in [6, 6.07) is 24.6. The van der Waals surface area contributed by atoms with Crippen molar-refractivity contribution in [2.75, 3.05) is 0 Å². The largest absolute Gasteiger partial charge is 0.506 e. The molecule has 5 heteroatoms. The van der Waals surface area contributed by atoms with Gasteiger partial charge >= 0.3 is 0 Å². The van der Waals surface area contributed by atoms with Crippen LogP contribution in [0.1, 0.15) is 0 Å². The van der Waals surface area contributed by atoms with E-state index in [-0.39, 0.29) is 22.0 Å². The Kier molecular flexibility index (Phi) is 3.56. The lowest BCUT2D eigenvalue weighted by Crippen LogP contribution is -2.13. The van der Waals surface area contributed by atoms with Gasteiger partial charge in [-0.25, -0.2) is 0 Å². The van der Waals surface area contributed by atoms with Gasteiger partial charge in [-0.15, -0.1) is 0 Å². The van der Waals surface area contributed by atoms with E-state index in [2.05, 4.69) is 0 Å². The summed E-state index contributed by atoms with van der Waals surface area (Å²) in [5.41, 5.74) is 2.25. The molecule has 0 fully saturated rings. The van der Waals surface area contributed by atoms with Crippen molar-refractivity contribution in [1.82, 2.24) is 4.57 Å². The topological polar surface area (TPSA) is 72.4 Å². The van der Waals surface area contributed by atoms with Gasteiger partial charge in [0.25, 0.3) is 0 Å². The summed E-state index contributed by atoms with van der Waals surface area (Å²) in [6.07, 6.45) is 0. The number of para-hydroxylation sites is 4. The molecular weight excluding hydrogens is 390 g/mol. The van der Waals surface area contributed by atoms with Crippen LogP contribution in [0.2, 0.25) is 0 Å². The monoisotopic (exact) mass is 405 g/mol. The number of benzene rings is 5. The number of fused-ring (bicyclic) bond motifs is 5. The van der Waals surface area contributed by atoms with Crippen molar-refractivity contribution in [3.8, 4) is 11.4 Å². The third-order valence-corrected chi connectivity index (χ3v) is 5.71. The highest BCUT2D eigenvalue weighted by Crippen LogP contribution is 2.33. The second-order valence-electron chi connectivity index (χ2n) is 7.43. The molecule has 1 N–H and O–H groups in total.